The van der Waals surface area contributed by atoms with Crippen LogP contribution in [0.1, 0.15) is 25.3 Å². The lowest BCUT2D eigenvalue weighted by atomic mass is 10.2. The number of likely N-dealkylation sites (tertiary alicyclic amines) is 1. The summed E-state index contributed by atoms with van der Waals surface area (Å²) in [6.45, 7) is 3.79. The normalized spacial score (nSPS) is 13.7. The molecule has 0 spiro atoms. The number of ether oxygens (including phenoxy) is 1. The Hall–Kier alpha value is -2.83. The van der Waals surface area contributed by atoms with E-state index in [0.717, 1.165) is 37.2 Å². The third kappa shape index (κ3) is 6.58. The van der Waals surface area contributed by atoms with Crippen LogP contribution >= 0.6 is 0 Å². The number of amides is 2. The summed E-state index contributed by atoms with van der Waals surface area (Å²) < 4.78 is 4.81. The molecule has 1 saturated heterocycles. The van der Waals surface area contributed by atoms with E-state index in [0.29, 0.717) is 6.61 Å². The summed E-state index contributed by atoms with van der Waals surface area (Å²) in [5.74, 6) is -0.646. The second kappa shape index (κ2) is 10.2. The highest BCUT2D eigenvalue weighted by Crippen LogP contribution is 2.10. The second-order valence-electron chi connectivity index (χ2n) is 5.93. The zero-order valence-electron chi connectivity index (χ0n) is 15.0. The minimum absolute atomic E-state index is 0.0337. The van der Waals surface area contributed by atoms with Gasteiger partial charge in [-0.25, -0.2) is 4.79 Å². The van der Waals surface area contributed by atoms with Gasteiger partial charge in [-0.2, -0.15) is 0 Å². The number of carbonyl (C=O) groups is 3. The molecule has 0 unspecified atom stereocenters. The summed E-state index contributed by atoms with van der Waals surface area (Å²) in [6, 6.07) is 7.28. The molecule has 1 fully saturated rings. The van der Waals surface area contributed by atoms with E-state index < -0.39 is 0 Å². The predicted molar refractivity (Wildman–Crippen MR) is 99.4 cm³/mol. The van der Waals surface area contributed by atoms with Gasteiger partial charge in [-0.1, -0.05) is 12.1 Å². The van der Waals surface area contributed by atoms with Crippen molar-refractivity contribution in [3.63, 3.8) is 0 Å². The molecule has 1 aromatic rings. The monoisotopic (exact) mass is 359 g/mol. The molecule has 26 heavy (non-hydrogen) atoms. The Bertz CT molecular complexity index is 649. The SMILES string of the molecule is CCOC(=O)C=Cc1ccc(NCC(=O)NCC(=O)N2CCCC2)cc1. The second-order valence-corrected chi connectivity index (χ2v) is 5.93. The number of carbonyl (C=O) groups excluding carboxylic acids is 3. The molecule has 0 radical (unpaired) electrons. The summed E-state index contributed by atoms with van der Waals surface area (Å²) in [6.07, 6.45) is 5.10. The standard InChI is InChI=1S/C19H25N3O4/c1-2-26-19(25)10-7-15-5-8-16(9-6-15)20-13-17(23)21-14-18(24)22-11-3-4-12-22/h5-10,20H,2-4,11-14H2,1H3,(H,21,23). The summed E-state index contributed by atoms with van der Waals surface area (Å²) in [4.78, 5) is 36.7. The zero-order chi connectivity index (χ0) is 18.8. The molecule has 0 aromatic heterocycles. The van der Waals surface area contributed by atoms with E-state index in [2.05, 4.69) is 10.6 Å². The van der Waals surface area contributed by atoms with Crippen LogP contribution in [-0.4, -0.2) is 55.5 Å². The molecule has 7 nitrogen and oxygen atoms in total. The van der Waals surface area contributed by atoms with Gasteiger partial charge in [-0.3, -0.25) is 9.59 Å². The molecular weight excluding hydrogens is 334 g/mol. The number of benzene rings is 1. The van der Waals surface area contributed by atoms with Crippen LogP contribution in [0, 0.1) is 0 Å². The van der Waals surface area contributed by atoms with Crippen LogP contribution < -0.4 is 10.6 Å². The van der Waals surface area contributed by atoms with Gasteiger partial charge >= 0.3 is 5.97 Å². The van der Waals surface area contributed by atoms with Crippen molar-refractivity contribution in [1.82, 2.24) is 10.2 Å². The Morgan fingerprint density at radius 2 is 1.81 bits per heavy atom. The van der Waals surface area contributed by atoms with Crippen molar-refractivity contribution in [2.75, 3.05) is 38.1 Å². The first-order valence-electron chi connectivity index (χ1n) is 8.81. The van der Waals surface area contributed by atoms with E-state index in [-0.39, 0.29) is 30.9 Å². The third-order valence-corrected chi connectivity index (χ3v) is 3.96. The number of esters is 1. The number of hydrogen-bond acceptors (Lipinski definition) is 5. The van der Waals surface area contributed by atoms with Gasteiger partial charge in [0, 0.05) is 24.9 Å². The quantitative estimate of drug-likeness (QED) is 0.541. The molecular formula is C19H25N3O4. The van der Waals surface area contributed by atoms with Crippen LogP contribution in [0.25, 0.3) is 6.08 Å². The summed E-state index contributed by atoms with van der Waals surface area (Å²) in [7, 11) is 0. The molecule has 2 N–H and O–H groups in total. The molecule has 0 bridgehead atoms. The van der Waals surface area contributed by atoms with Crippen molar-refractivity contribution in [3.05, 3.63) is 35.9 Å². The van der Waals surface area contributed by atoms with Gasteiger partial charge in [-0.15, -0.1) is 0 Å². The summed E-state index contributed by atoms with van der Waals surface area (Å²) in [5.41, 5.74) is 1.63. The Balaban J connectivity index is 1.70. The number of nitrogens with zero attached hydrogens (tertiary/aromatic N) is 1. The first-order valence-corrected chi connectivity index (χ1v) is 8.81. The Morgan fingerprint density at radius 1 is 1.12 bits per heavy atom. The molecule has 1 heterocycles. The van der Waals surface area contributed by atoms with Gasteiger partial charge in [-0.05, 0) is 43.5 Å². The van der Waals surface area contributed by atoms with Crippen molar-refractivity contribution < 1.29 is 19.1 Å². The van der Waals surface area contributed by atoms with Gasteiger partial charge in [0.1, 0.15) is 0 Å². The Labute approximate surface area is 153 Å². The first kappa shape index (κ1) is 19.5. The smallest absolute Gasteiger partial charge is 0.330 e. The zero-order valence-corrected chi connectivity index (χ0v) is 15.0. The van der Waals surface area contributed by atoms with Gasteiger partial charge in [0.25, 0.3) is 0 Å². The molecule has 2 rings (SSSR count). The highest BCUT2D eigenvalue weighted by Gasteiger charge is 2.17. The average Bonchev–Trinajstić information content (AvgIpc) is 3.18. The van der Waals surface area contributed by atoms with Crippen molar-refractivity contribution in [1.29, 1.82) is 0 Å². The molecule has 1 aliphatic heterocycles. The number of rotatable bonds is 8. The van der Waals surface area contributed by atoms with Gasteiger partial charge in [0.15, 0.2) is 0 Å². The maximum Gasteiger partial charge on any atom is 0.330 e. The predicted octanol–water partition coefficient (Wildman–Crippen LogP) is 1.41. The maximum absolute atomic E-state index is 11.9. The van der Waals surface area contributed by atoms with Crippen LogP contribution in [0.2, 0.25) is 0 Å². The average molecular weight is 359 g/mol. The minimum Gasteiger partial charge on any atom is -0.463 e. The molecule has 140 valence electrons. The highest BCUT2D eigenvalue weighted by atomic mass is 16.5. The van der Waals surface area contributed by atoms with E-state index in [1.807, 2.05) is 24.3 Å². The largest absolute Gasteiger partial charge is 0.463 e. The molecule has 0 saturated carbocycles. The molecule has 1 aromatic carbocycles. The van der Waals surface area contributed by atoms with Crippen molar-refractivity contribution in [2.45, 2.75) is 19.8 Å². The lowest BCUT2D eigenvalue weighted by Gasteiger charge is -2.15. The Kier molecular flexibility index (Phi) is 7.67. The number of hydrogen-bond donors (Lipinski definition) is 2. The minimum atomic E-state index is -0.380. The third-order valence-electron chi connectivity index (χ3n) is 3.96. The number of anilines is 1. The lowest BCUT2D eigenvalue weighted by Crippen LogP contribution is -2.40. The van der Waals surface area contributed by atoms with Crippen LogP contribution in [0.4, 0.5) is 5.69 Å². The van der Waals surface area contributed by atoms with Gasteiger partial charge in [0.05, 0.1) is 19.7 Å². The molecule has 0 aliphatic carbocycles. The van der Waals surface area contributed by atoms with E-state index in [4.69, 9.17) is 4.74 Å². The molecule has 2 amide bonds. The van der Waals surface area contributed by atoms with Crippen molar-refractivity contribution in [2.24, 2.45) is 0 Å². The maximum atomic E-state index is 11.9. The summed E-state index contributed by atoms with van der Waals surface area (Å²) in [5, 5.41) is 5.63. The van der Waals surface area contributed by atoms with Crippen LogP contribution in [0.5, 0.6) is 0 Å². The van der Waals surface area contributed by atoms with Crippen molar-refractivity contribution >= 4 is 29.5 Å². The first-order chi connectivity index (χ1) is 12.6. The number of nitrogens with one attached hydrogen (secondary N) is 2. The lowest BCUT2D eigenvalue weighted by molar-refractivity contribution is -0.137. The van der Waals surface area contributed by atoms with E-state index in [1.54, 1.807) is 17.9 Å². The van der Waals surface area contributed by atoms with Crippen LogP contribution in [-0.2, 0) is 19.1 Å². The molecule has 1 aliphatic rings. The van der Waals surface area contributed by atoms with Crippen LogP contribution in [0.15, 0.2) is 30.3 Å². The molecule has 0 atom stereocenters. The fourth-order valence-corrected chi connectivity index (χ4v) is 2.56. The summed E-state index contributed by atoms with van der Waals surface area (Å²) >= 11 is 0. The van der Waals surface area contributed by atoms with Gasteiger partial charge < -0.3 is 20.3 Å². The fourth-order valence-electron chi connectivity index (χ4n) is 2.56. The fraction of sp³-hybridized carbons (Fsp3) is 0.421. The topological polar surface area (TPSA) is 87.7 Å². The van der Waals surface area contributed by atoms with Gasteiger partial charge in [0.2, 0.25) is 11.8 Å². The highest BCUT2D eigenvalue weighted by molar-refractivity contribution is 5.87. The van der Waals surface area contributed by atoms with Crippen molar-refractivity contribution in [3.8, 4) is 0 Å². The van der Waals surface area contributed by atoms with Crippen LogP contribution in [0.3, 0.4) is 0 Å². The van der Waals surface area contributed by atoms with E-state index >= 15 is 0 Å². The molecule has 7 heteroatoms. The van der Waals surface area contributed by atoms with E-state index in [1.165, 1.54) is 6.08 Å². The Morgan fingerprint density at radius 3 is 2.46 bits per heavy atom. The van der Waals surface area contributed by atoms with E-state index in [9.17, 15) is 14.4 Å².